The van der Waals surface area contributed by atoms with Gasteiger partial charge in [-0.2, -0.15) is 0 Å². The van der Waals surface area contributed by atoms with Crippen LogP contribution in [0.4, 0.5) is 0 Å². The highest BCUT2D eigenvalue weighted by Crippen LogP contribution is 2.29. The minimum absolute atomic E-state index is 0.108. The number of benzene rings is 1. The standard InChI is InChI=1S/C16H20ClN3O/c1-3-19-7-9-20(10-8-19)16(21)14-11(2)18-15-12(14)5-4-6-13(15)17/h4-6,18H,3,7-10H2,1-2H3. The van der Waals surface area contributed by atoms with Crippen molar-refractivity contribution in [3.05, 3.63) is 34.5 Å². The second kappa shape index (κ2) is 5.70. The largest absolute Gasteiger partial charge is 0.357 e. The Morgan fingerprint density at radius 1 is 1.29 bits per heavy atom. The van der Waals surface area contributed by atoms with Crippen molar-refractivity contribution in [1.29, 1.82) is 0 Å². The van der Waals surface area contributed by atoms with Gasteiger partial charge < -0.3 is 14.8 Å². The number of amides is 1. The van der Waals surface area contributed by atoms with E-state index in [4.69, 9.17) is 11.6 Å². The maximum absolute atomic E-state index is 12.8. The quantitative estimate of drug-likeness (QED) is 0.926. The molecule has 0 unspecified atom stereocenters. The van der Waals surface area contributed by atoms with E-state index in [1.54, 1.807) is 0 Å². The third kappa shape index (κ3) is 2.54. The number of likely N-dealkylation sites (N-methyl/N-ethyl adjacent to an activating group) is 1. The van der Waals surface area contributed by atoms with Crippen LogP contribution in [0.15, 0.2) is 18.2 Å². The van der Waals surface area contributed by atoms with E-state index >= 15 is 0 Å². The van der Waals surface area contributed by atoms with E-state index in [2.05, 4.69) is 16.8 Å². The van der Waals surface area contributed by atoms with Gasteiger partial charge in [-0.05, 0) is 19.5 Å². The number of piperazine rings is 1. The molecule has 2 heterocycles. The summed E-state index contributed by atoms with van der Waals surface area (Å²) in [5.41, 5.74) is 2.51. The molecular weight excluding hydrogens is 286 g/mol. The van der Waals surface area contributed by atoms with Crippen LogP contribution in [-0.2, 0) is 0 Å². The van der Waals surface area contributed by atoms with Crippen LogP contribution in [0.2, 0.25) is 5.02 Å². The van der Waals surface area contributed by atoms with Crippen molar-refractivity contribution in [2.75, 3.05) is 32.7 Å². The highest BCUT2D eigenvalue weighted by Gasteiger charge is 2.25. The summed E-state index contributed by atoms with van der Waals surface area (Å²) in [6.45, 7) is 8.62. The summed E-state index contributed by atoms with van der Waals surface area (Å²) in [6, 6.07) is 5.69. The van der Waals surface area contributed by atoms with Crippen molar-refractivity contribution < 1.29 is 4.79 Å². The molecule has 1 fully saturated rings. The zero-order chi connectivity index (χ0) is 15.0. The van der Waals surface area contributed by atoms with E-state index in [9.17, 15) is 4.79 Å². The number of carbonyl (C=O) groups excluding carboxylic acids is 1. The first kappa shape index (κ1) is 14.4. The normalized spacial score (nSPS) is 16.6. The van der Waals surface area contributed by atoms with E-state index in [1.807, 2.05) is 30.0 Å². The predicted molar refractivity (Wildman–Crippen MR) is 86.1 cm³/mol. The number of carbonyl (C=O) groups is 1. The van der Waals surface area contributed by atoms with Crippen LogP contribution in [-0.4, -0.2) is 53.4 Å². The minimum atomic E-state index is 0.108. The fourth-order valence-corrected chi connectivity index (χ4v) is 3.23. The number of aromatic nitrogens is 1. The molecule has 0 atom stereocenters. The Morgan fingerprint density at radius 3 is 2.67 bits per heavy atom. The summed E-state index contributed by atoms with van der Waals surface area (Å²) < 4.78 is 0. The molecule has 1 aromatic heterocycles. The van der Waals surface area contributed by atoms with E-state index < -0.39 is 0 Å². The summed E-state index contributed by atoms with van der Waals surface area (Å²) in [7, 11) is 0. The lowest BCUT2D eigenvalue weighted by atomic mass is 10.1. The first-order chi connectivity index (χ1) is 10.1. The molecule has 1 aromatic carbocycles. The third-order valence-electron chi connectivity index (χ3n) is 4.29. The number of aryl methyl sites for hydroxylation is 1. The van der Waals surface area contributed by atoms with Crippen LogP contribution < -0.4 is 0 Å². The van der Waals surface area contributed by atoms with Gasteiger partial charge in [0.25, 0.3) is 5.91 Å². The number of para-hydroxylation sites is 1. The Bertz CT molecular complexity index is 671. The SMILES string of the molecule is CCN1CCN(C(=O)c2c(C)[nH]c3c(Cl)cccc23)CC1. The highest BCUT2D eigenvalue weighted by atomic mass is 35.5. The lowest BCUT2D eigenvalue weighted by molar-refractivity contribution is 0.0644. The van der Waals surface area contributed by atoms with Gasteiger partial charge in [0.05, 0.1) is 16.1 Å². The molecule has 5 heteroatoms. The smallest absolute Gasteiger partial charge is 0.256 e. The molecule has 1 aliphatic heterocycles. The molecular formula is C16H20ClN3O. The van der Waals surface area contributed by atoms with Crippen LogP contribution in [0.25, 0.3) is 10.9 Å². The molecule has 3 rings (SSSR count). The molecule has 0 saturated carbocycles. The van der Waals surface area contributed by atoms with Crippen molar-refractivity contribution in [2.24, 2.45) is 0 Å². The lowest BCUT2D eigenvalue weighted by Crippen LogP contribution is -2.48. The number of hydrogen-bond acceptors (Lipinski definition) is 2. The van der Waals surface area contributed by atoms with Gasteiger partial charge in [0.2, 0.25) is 0 Å². The van der Waals surface area contributed by atoms with E-state index in [0.29, 0.717) is 5.02 Å². The molecule has 0 spiro atoms. The molecule has 0 aliphatic carbocycles. The van der Waals surface area contributed by atoms with Crippen LogP contribution in [0, 0.1) is 6.92 Å². The van der Waals surface area contributed by atoms with E-state index in [0.717, 1.165) is 54.9 Å². The number of fused-ring (bicyclic) bond motifs is 1. The third-order valence-corrected chi connectivity index (χ3v) is 4.61. The predicted octanol–water partition coefficient (Wildman–Crippen LogP) is 2.91. The number of hydrogen-bond donors (Lipinski definition) is 1. The first-order valence-electron chi connectivity index (χ1n) is 7.40. The maximum Gasteiger partial charge on any atom is 0.256 e. The zero-order valence-corrected chi connectivity index (χ0v) is 13.2. The molecule has 21 heavy (non-hydrogen) atoms. The zero-order valence-electron chi connectivity index (χ0n) is 12.4. The van der Waals surface area contributed by atoms with Gasteiger partial charge in [0, 0.05) is 37.3 Å². The van der Waals surface area contributed by atoms with Crippen molar-refractivity contribution in [3.8, 4) is 0 Å². The molecule has 0 radical (unpaired) electrons. The number of H-pyrrole nitrogens is 1. The summed E-state index contributed by atoms with van der Waals surface area (Å²) in [4.78, 5) is 20.4. The Kier molecular flexibility index (Phi) is 3.91. The van der Waals surface area contributed by atoms with Crippen LogP contribution in [0.5, 0.6) is 0 Å². The van der Waals surface area contributed by atoms with Crippen molar-refractivity contribution in [1.82, 2.24) is 14.8 Å². The first-order valence-corrected chi connectivity index (χ1v) is 7.78. The number of rotatable bonds is 2. The molecule has 1 amide bonds. The van der Waals surface area contributed by atoms with Gasteiger partial charge in [0.15, 0.2) is 0 Å². The molecule has 1 saturated heterocycles. The van der Waals surface area contributed by atoms with E-state index in [-0.39, 0.29) is 5.91 Å². The van der Waals surface area contributed by atoms with Gasteiger partial charge in [-0.25, -0.2) is 0 Å². The Labute approximate surface area is 129 Å². The second-order valence-corrected chi connectivity index (χ2v) is 5.92. The second-order valence-electron chi connectivity index (χ2n) is 5.51. The summed E-state index contributed by atoms with van der Waals surface area (Å²) in [5, 5.41) is 1.58. The number of nitrogens with one attached hydrogen (secondary N) is 1. The Hall–Kier alpha value is -1.52. The van der Waals surface area contributed by atoms with Crippen LogP contribution in [0.1, 0.15) is 23.0 Å². The Balaban J connectivity index is 1.92. The molecule has 1 aliphatic rings. The monoisotopic (exact) mass is 305 g/mol. The van der Waals surface area contributed by atoms with Gasteiger partial charge in [-0.15, -0.1) is 0 Å². The molecule has 1 N–H and O–H groups in total. The fourth-order valence-electron chi connectivity index (χ4n) is 3.01. The number of nitrogens with zero attached hydrogens (tertiary/aromatic N) is 2. The van der Waals surface area contributed by atoms with Gasteiger partial charge in [0.1, 0.15) is 0 Å². The molecule has 4 nitrogen and oxygen atoms in total. The number of halogens is 1. The Morgan fingerprint density at radius 2 is 2.00 bits per heavy atom. The topological polar surface area (TPSA) is 39.3 Å². The van der Waals surface area contributed by atoms with Gasteiger partial charge in [-0.3, -0.25) is 4.79 Å². The highest BCUT2D eigenvalue weighted by molar-refractivity contribution is 6.35. The fraction of sp³-hybridized carbons (Fsp3) is 0.438. The van der Waals surface area contributed by atoms with Gasteiger partial charge in [-0.1, -0.05) is 30.7 Å². The average molecular weight is 306 g/mol. The average Bonchev–Trinajstić information content (AvgIpc) is 2.84. The van der Waals surface area contributed by atoms with Crippen molar-refractivity contribution in [3.63, 3.8) is 0 Å². The van der Waals surface area contributed by atoms with E-state index in [1.165, 1.54) is 0 Å². The van der Waals surface area contributed by atoms with Crippen molar-refractivity contribution >= 4 is 28.4 Å². The number of aromatic amines is 1. The van der Waals surface area contributed by atoms with Crippen LogP contribution >= 0.6 is 11.6 Å². The van der Waals surface area contributed by atoms with Gasteiger partial charge >= 0.3 is 0 Å². The van der Waals surface area contributed by atoms with Crippen molar-refractivity contribution in [2.45, 2.75) is 13.8 Å². The summed E-state index contributed by atoms with van der Waals surface area (Å²) in [5.74, 6) is 0.108. The summed E-state index contributed by atoms with van der Waals surface area (Å²) in [6.07, 6.45) is 0. The molecule has 0 bridgehead atoms. The molecule has 2 aromatic rings. The van der Waals surface area contributed by atoms with Crippen LogP contribution in [0.3, 0.4) is 0 Å². The molecule has 112 valence electrons. The minimum Gasteiger partial charge on any atom is -0.357 e. The lowest BCUT2D eigenvalue weighted by Gasteiger charge is -2.34. The summed E-state index contributed by atoms with van der Waals surface area (Å²) >= 11 is 6.21. The maximum atomic E-state index is 12.8.